The molecule has 0 unspecified atom stereocenters. The van der Waals surface area contributed by atoms with E-state index in [-0.39, 0.29) is 11.9 Å². The molecule has 37 heavy (non-hydrogen) atoms. The van der Waals surface area contributed by atoms with Gasteiger partial charge in [-0.15, -0.1) is 0 Å². The molecule has 0 radical (unpaired) electrons. The molecule has 1 atom stereocenters. The SMILES string of the molecule is Cc1cc(C)cc(Nc2nccc(-c3cc(C(=O)N[C@H](CN4CCCC4)c4ccccc4)n(C)n3)n2)c1. The number of anilines is 2. The van der Waals surface area contributed by atoms with Crippen molar-refractivity contribution in [1.29, 1.82) is 0 Å². The summed E-state index contributed by atoms with van der Waals surface area (Å²) in [4.78, 5) is 24.8. The molecule has 190 valence electrons. The lowest BCUT2D eigenvalue weighted by atomic mass is 10.1. The fourth-order valence-electron chi connectivity index (χ4n) is 4.92. The predicted octanol–water partition coefficient (Wildman–Crippen LogP) is 4.80. The van der Waals surface area contributed by atoms with Crippen LogP contribution in [-0.4, -0.2) is 50.2 Å². The van der Waals surface area contributed by atoms with Gasteiger partial charge in [-0.05, 0) is 80.7 Å². The van der Waals surface area contributed by atoms with Crippen LogP contribution in [-0.2, 0) is 7.05 Å². The van der Waals surface area contributed by atoms with E-state index in [1.807, 2.05) is 18.2 Å². The van der Waals surface area contributed by atoms with E-state index in [1.54, 1.807) is 30.1 Å². The monoisotopic (exact) mass is 495 g/mol. The average molecular weight is 496 g/mol. The van der Waals surface area contributed by atoms with Crippen LogP contribution in [0.4, 0.5) is 11.6 Å². The number of hydrogen-bond donors (Lipinski definition) is 2. The second kappa shape index (κ2) is 10.9. The van der Waals surface area contributed by atoms with Gasteiger partial charge in [-0.2, -0.15) is 5.10 Å². The third kappa shape index (κ3) is 6.03. The zero-order valence-electron chi connectivity index (χ0n) is 21.6. The van der Waals surface area contributed by atoms with E-state index in [4.69, 9.17) is 0 Å². The predicted molar refractivity (Wildman–Crippen MR) is 146 cm³/mol. The van der Waals surface area contributed by atoms with Crippen LogP contribution in [0, 0.1) is 13.8 Å². The standard InChI is InChI=1S/C29H33N7O/c1-20-15-21(2)17-23(16-20)31-29-30-12-11-24(33-29)25-18-27(35(3)34-25)28(37)32-26(19-36-13-7-8-14-36)22-9-5-4-6-10-22/h4-6,9-12,15-18,26H,7-8,13-14,19H2,1-3H3,(H,32,37)(H,30,31,33)/t26-/m1/s1. The van der Waals surface area contributed by atoms with Crippen LogP contribution < -0.4 is 10.6 Å². The van der Waals surface area contributed by atoms with Gasteiger partial charge >= 0.3 is 0 Å². The summed E-state index contributed by atoms with van der Waals surface area (Å²) in [5, 5.41) is 11.1. The lowest BCUT2D eigenvalue weighted by Crippen LogP contribution is -2.37. The molecule has 5 rings (SSSR count). The molecule has 2 N–H and O–H groups in total. The molecule has 0 aliphatic carbocycles. The van der Waals surface area contributed by atoms with Crippen molar-refractivity contribution in [2.45, 2.75) is 32.7 Å². The zero-order chi connectivity index (χ0) is 25.8. The minimum atomic E-state index is -0.156. The lowest BCUT2D eigenvalue weighted by Gasteiger charge is -2.25. The molecule has 1 amide bonds. The number of aryl methyl sites for hydroxylation is 3. The Morgan fingerprint density at radius 3 is 2.43 bits per heavy atom. The zero-order valence-corrected chi connectivity index (χ0v) is 21.6. The van der Waals surface area contributed by atoms with E-state index >= 15 is 0 Å². The average Bonchev–Trinajstić information content (AvgIpc) is 3.53. The third-order valence-corrected chi connectivity index (χ3v) is 6.66. The highest BCUT2D eigenvalue weighted by Crippen LogP contribution is 2.22. The van der Waals surface area contributed by atoms with E-state index in [2.05, 4.69) is 74.8 Å². The number of rotatable bonds is 8. The van der Waals surface area contributed by atoms with Gasteiger partial charge in [-0.3, -0.25) is 9.48 Å². The van der Waals surface area contributed by atoms with Crippen LogP contribution in [0.2, 0.25) is 0 Å². The van der Waals surface area contributed by atoms with Crippen molar-refractivity contribution in [2.75, 3.05) is 25.0 Å². The molecule has 1 saturated heterocycles. The summed E-state index contributed by atoms with van der Waals surface area (Å²) in [5.41, 5.74) is 6.11. The molecule has 1 aliphatic rings. The van der Waals surface area contributed by atoms with Crippen LogP contribution in [0.25, 0.3) is 11.4 Å². The summed E-state index contributed by atoms with van der Waals surface area (Å²) in [5.74, 6) is 0.325. The highest BCUT2D eigenvalue weighted by atomic mass is 16.2. The highest BCUT2D eigenvalue weighted by Gasteiger charge is 2.23. The Bertz CT molecular complexity index is 1360. The quantitative estimate of drug-likeness (QED) is 0.365. The number of benzene rings is 2. The topological polar surface area (TPSA) is 88.0 Å². The summed E-state index contributed by atoms with van der Waals surface area (Å²) >= 11 is 0. The molecule has 0 saturated carbocycles. The van der Waals surface area contributed by atoms with Crippen LogP contribution in [0.1, 0.15) is 46.1 Å². The smallest absolute Gasteiger partial charge is 0.270 e. The minimum Gasteiger partial charge on any atom is -0.343 e. The maximum absolute atomic E-state index is 13.4. The van der Waals surface area contributed by atoms with Crippen molar-refractivity contribution in [3.63, 3.8) is 0 Å². The normalized spacial score (nSPS) is 14.5. The summed E-state index contributed by atoms with van der Waals surface area (Å²) in [6.07, 6.45) is 4.11. The molecule has 8 nitrogen and oxygen atoms in total. The largest absolute Gasteiger partial charge is 0.343 e. The lowest BCUT2D eigenvalue weighted by molar-refractivity contribution is 0.0917. The van der Waals surface area contributed by atoms with Gasteiger partial charge in [0.1, 0.15) is 11.4 Å². The molecular formula is C29H33N7O. The van der Waals surface area contributed by atoms with Crippen molar-refractivity contribution in [3.05, 3.63) is 89.2 Å². The number of nitrogens with one attached hydrogen (secondary N) is 2. The third-order valence-electron chi connectivity index (χ3n) is 6.66. The summed E-state index contributed by atoms with van der Waals surface area (Å²) in [6, 6.07) is 19.9. The van der Waals surface area contributed by atoms with Gasteiger partial charge in [-0.25, -0.2) is 9.97 Å². The van der Waals surface area contributed by atoms with E-state index in [0.717, 1.165) is 42.0 Å². The molecule has 0 spiro atoms. The van der Waals surface area contributed by atoms with Gasteiger partial charge in [0.15, 0.2) is 0 Å². The molecule has 8 heteroatoms. The maximum Gasteiger partial charge on any atom is 0.270 e. The van der Waals surface area contributed by atoms with Crippen molar-refractivity contribution >= 4 is 17.5 Å². The maximum atomic E-state index is 13.4. The van der Waals surface area contributed by atoms with Gasteiger partial charge < -0.3 is 15.5 Å². The number of nitrogens with zero attached hydrogens (tertiary/aromatic N) is 5. The van der Waals surface area contributed by atoms with Gasteiger partial charge in [0.25, 0.3) is 5.91 Å². The summed E-state index contributed by atoms with van der Waals surface area (Å²) in [6.45, 7) is 7.05. The number of aromatic nitrogens is 4. The molecule has 1 aliphatic heterocycles. The number of hydrogen-bond acceptors (Lipinski definition) is 6. The molecular weight excluding hydrogens is 462 g/mol. The Hall–Kier alpha value is -4.04. The fraction of sp³-hybridized carbons (Fsp3) is 0.310. The van der Waals surface area contributed by atoms with E-state index < -0.39 is 0 Å². The van der Waals surface area contributed by atoms with Crippen LogP contribution >= 0.6 is 0 Å². The molecule has 0 bridgehead atoms. The number of amides is 1. The first-order chi connectivity index (χ1) is 17.9. The molecule has 1 fully saturated rings. The van der Waals surface area contributed by atoms with Crippen molar-refractivity contribution < 1.29 is 4.79 Å². The Morgan fingerprint density at radius 1 is 0.973 bits per heavy atom. The molecule has 3 heterocycles. The first kappa shape index (κ1) is 24.6. The Morgan fingerprint density at radius 2 is 1.70 bits per heavy atom. The van der Waals surface area contributed by atoms with Crippen LogP contribution in [0.3, 0.4) is 0 Å². The van der Waals surface area contributed by atoms with Crippen molar-refractivity contribution in [3.8, 4) is 11.4 Å². The van der Waals surface area contributed by atoms with Gasteiger partial charge in [0.05, 0.1) is 11.7 Å². The second-order valence-corrected chi connectivity index (χ2v) is 9.75. The molecule has 2 aromatic carbocycles. The van der Waals surface area contributed by atoms with Gasteiger partial charge in [0, 0.05) is 25.5 Å². The number of likely N-dealkylation sites (tertiary alicyclic amines) is 1. The highest BCUT2D eigenvalue weighted by molar-refractivity contribution is 5.94. The van der Waals surface area contributed by atoms with Crippen molar-refractivity contribution in [1.82, 2.24) is 30.0 Å². The fourth-order valence-corrected chi connectivity index (χ4v) is 4.92. The first-order valence-electron chi connectivity index (χ1n) is 12.8. The minimum absolute atomic E-state index is 0.0993. The number of carbonyl (C=O) groups excluding carboxylic acids is 1. The van der Waals surface area contributed by atoms with E-state index in [9.17, 15) is 4.79 Å². The molecule has 2 aromatic heterocycles. The van der Waals surface area contributed by atoms with Gasteiger partial charge in [-0.1, -0.05) is 36.4 Å². The van der Waals surface area contributed by atoms with Gasteiger partial charge in [0.2, 0.25) is 5.95 Å². The van der Waals surface area contributed by atoms with Crippen LogP contribution in [0.5, 0.6) is 0 Å². The Labute approximate surface area is 217 Å². The molecule has 4 aromatic rings. The Kier molecular flexibility index (Phi) is 7.28. The summed E-state index contributed by atoms with van der Waals surface area (Å²) < 4.78 is 1.61. The van der Waals surface area contributed by atoms with Crippen LogP contribution in [0.15, 0.2) is 66.9 Å². The van der Waals surface area contributed by atoms with Crippen molar-refractivity contribution in [2.24, 2.45) is 7.05 Å². The summed E-state index contributed by atoms with van der Waals surface area (Å²) in [7, 11) is 1.78. The first-order valence-corrected chi connectivity index (χ1v) is 12.8. The van der Waals surface area contributed by atoms with E-state index in [0.29, 0.717) is 23.0 Å². The van der Waals surface area contributed by atoms with E-state index in [1.165, 1.54) is 12.8 Å². The Balaban J connectivity index is 1.34. The number of carbonyl (C=O) groups is 1. The second-order valence-electron chi connectivity index (χ2n) is 9.75.